The van der Waals surface area contributed by atoms with Crippen LogP contribution in [-0.4, -0.2) is 11.6 Å². The van der Waals surface area contributed by atoms with Gasteiger partial charge in [0.1, 0.15) is 11.6 Å². The van der Waals surface area contributed by atoms with Gasteiger partial charge < -0.3 is 4.74 Å². The minimum Gasteiger partial charge on any atom is -0.476 e. The van der Waals surface area contributed by atoms with Crippen LogP contribution in [0.2, 0.25) is 0 Å². The second-order valence-electron chi connectivity index (χ2n) is 4.20. The van der Waals surface area contributed by atoms with Gasteiger partial charge in [0.25, 0.3) is 0 Å². The van der Waals surface area contributed by atoms with E-state index in [-0.39, 0.29) is 0 Å². The molecule has 1 atom stereocenters. The number of nitriles is 1. The van der Waals surface area contributed by atoms with Gasteiger partial charge in [0.2, 0.25) is 5.88 Å². The first-order valence-electron chi connectivity index (χ1n) is 6.29. The lowest BCUT2D eigenvalue weighted by Crippen LogP contribution is -2.12. The van der Waals surface area contributed by atoms with E-state index in [0.717, 1.165) is 6.42 Å². The molecular formula is C14H20N2O. The molecule has 1 heterocycles. The maximum Gasteiger partial charge on any atom is 0.231 e. The number of rotatable bonds is 7. The van der Waals surface area contributed by atoms with Crippen LogP contribution in [0.1, 0.15) is 45.1 Å². The lowest BCUT2D eigenvalue weighted by Gasteiger charge is -2.15. The lowest BCUT2D eigenvalue weighted by atomic mass is 10.0. The Kier molecular flexibility index (Phi) is 6.09. The summed E-state index contributed by atoms with van der Waals surface area (Å²) in [6.45, 7) is 5.02. The molecule has 3 nitrogen and oxygen atoms in total. The lowest BCUT2D eigenvalue weighted by molar-refractivity contribution is 0.225. The molecule has 0 N–H and O–H groups in total. The van der Waals surface area contributed by atoms with Gasteiger partial charge in [0, 0.05) is 6.20 Å². The van der Waals surface area contributed by atoms with Gasteiger partial charge >= 0.3 is 0 Å². The summed E-state index contributed by atoms with van der Waals surface area (Å²) >= 11 is 0. The maximum absolute atomic E-state index is 8.91. The van der Waals surface area contributed by atoms with Gasteiger partial charge in [-0.2, -0.15) is 5.26 Å². The molecule has 0 bridgehead atoms. The molecule has 0 saturated heterocycles. The number of nitrogens with zero attached hydrogens (tertiary/aromatic N) is 2. The normalized spacial score (nSPS) is 11.8. The number of pyridine rings is 1. The van der Waals surface area contributed by atoms with E-state index in [1.54, 1.807) is 18.3 Å². The zero-order valence-electron chi connectivity index (χ0n) is 10.6. The fraction of sp³-hybridized carbons (Fsp3) is 0.571. The van der Waals surface area contributed by atoms with Crippen molar-refractivity contribution in [1.82, 2.24) is 4.98 Å². The second kappa shape index (κ2) is 7.67. The minimum absolute atomic E-state index is 0.463. The second-order valence-corrected chi connectivity index (χ2v) is 4.20. The van der Waals surface area contributed by atoms with Crippen molar-refractivity contribution < 1.29 is 4.74 Å². The van der Waals surface area contributed by atoms with Gasteiger partial charge in [0.15, 0.2) is 0 Å². The standard InChI is InChI=1S/C14H20N2O/c1-3-5-7-12(4-2)11-17-14-13(10-15)8-6-9-16-14/h6,8-9,12H,3-5,7,11H2,1-2H3. The zero-order valence-corrected chi connectivity index (χ0v) is 10.6. The molecule has 0 spiro atoms. The summed E-state index contributed by atoms with van der Waals surface area (Å²) < 4.78 is 5.64. The Labute approximate surface area is 103 Å². The molecule has 0 amide bonds. The van der Waals surface area contributed by atoms with E-state index >= 15 is 0 Å². The van der Waals surface area contributed by atoms with Gasteiger partial charge in [-0.1, -0.05) is 33.1 Å². The summed E-state index contributed by atoms with van der Waals surface area (Å²) in [6, 6.07) is 5.57. The smallest absolute Gasteiger partial charge is 0.231 e. The average Bonchev–Trinajstić information content (AvgIpc) is 2.39. The van der Waals surface area contributed by atoms with E-state index in [9.17, 15) is 0 Å². The Morgan fingerprint density at radius 1 is 1.47 bits per heavy atom. The van der Waals surface area contributed by atoms with Crippen molar-refractivity contribution in [2.75, 3.05) is 6.61 Å². The molecule has 1 unspecified atom stereocenters. The summed E-state index contributed by atoms with van der Waals surface area (Å²) in [5.41, 5.74) is 0.512. The van der Waals surface area contributed by atoms with Gasteiger partial charge in [-0.3, -0.25) is 0 Å². The van der Waals surface area contributed by atoms with E-state index in [2.05, 4.69) is 24.9 Å². The Hall–Kier alpha value is -1.56. The monoisotopic (exact) mass is 232 g/mol. The van der Waals surface area contributed by atoms with Crippen LogP contribution in [0.25, 0.3) is 0 Å². The molecule has 0 aliphatic rings. The van der Waals surface area contributed by atoms with Crippen molar-refractivity contribution in [3.8, 4) is 11.9 Å². The highest BCUT2D eigenvalue weighted by atomic mass is 16.5. The number of aromatic nitrogens is 1. The molecule has 0 fully saturated rings. The molecule has 92 valence electrons. The van der Waals surface area contributed by atoms with Crippen LogP contribution in [0.15, 0.2) is 18.3 Å². The predicted octanol–water partition coefficient (Wildman–Crippen LogP) is 3.55. The Morgan fingerprint density at radius 3 is 2.94 bits per heavy atom. The number of ether oxygens (including phenoxy) is 1. The molecular weight excluding hydrogens is 212 g/mol. The van der Waals surface area contributed by atoms with Crippen molar-refractivity contribution in [3.63, 3.8) is 0 Å². The van der Waals surface area contributed by atoms with Gasteiger partial charge in [-0.05, 0) is 24.5 Å². The Morgan fingerprint density at radius 2 is 2.29 bits per heavy atom. The van der Waals surface area contributed by atoms with E-state index in [4.69, 9.17) is 10.00 Å². The predicted molar refractivity (Wildman–Crippen MR) is 67.8 cm³/mol. The number of hydrogen-bond donors (Lipinski definition) is 0. The Bertz CT molecular complexity index is 371. The van der Waals surface area contributed by atoms with Crippen molar-refractivity contribution >= 4 is 0 Å². The van der Waals surface area contributed by atoms with E-state index in [0.29, 0.717) is 24.0 Å². The van der Waals surface area contributed by atoms with Crippen LogP contribution < -0.4 is 4.74 Å². The van der Waals surface area contributed by atoms with Crippen LogP contribution in [0.5, 0.6) is 5.88 Å². The molecule has 1 aromatic rings. The summed E-state index contributed by atoms with van der Waals surface area (Å²) in [6.07, 6.45) is 6.39. The molecule has 0 radical (unpaired) electrons. The van der Waals surface area contributed by atoms with Crippen LogP contribution >= 0.6 is 0 Å². The van der Waals surface area contributed by atoms with Crippen molar-refractivity contribution in [2.24, 2.45) is 5.92 Å². The van der Waals surface area contributed by atoms with Crippen LogP contribution in [-0.2, 0) is 0 Å². The van der Waals surface area contributed by atoms with E-state index < -0.39 is 0 Å². The van der Waals surface area contributed by atoms with E-state index in [1.165, 1.54) is 19.3 Å². The summed E-state index contributed by atoms with van der Waals surface area (Å²) in [7, 11) is 0. The molecule has 0 saturated carbocycles. The minimum atomic E-state index is 0.463. The third-order valence-corrected chi connectivity index (χ3v) is 2.89. The average molecular weight is 232 g/mol. The zero-order chi connectivity index (χ0) is 12.5. The fourth-order valence-electron chi connectivity index (χ4n) is 1.69. The molecule has 0 aliphatic heterocycles. The fourth-order valence-corrected chi connectivity index (χ4v) is 1.69. The van der Waals surface area contributed by atoms with Gasteiger partial charge in [-0.15, -0.1) is 0 Å². The first-order chi connectivity index (χ1) is 8.31. The summed E-state index contributed by atoms with van der Waals surface area (Å²) in [4.78, 5) is 4.09. The molecule has 0 aromatic carbocycles. The van der Waals surface area contributed by atoms with E-state index in [1.807, 2.05) is 0 Å². The van der Waals surface area contributed by atoms with Crippen molar-refractivity contribution in [2.45, 2.75) is 39.5 Å². The molecule has 1 rings (SSSR count). The Balaban J connectivity index is 2.51. The van der Waals surface area contributed by atoms with Gasteiger partial charge in [0.05, 0.1) is 6.61 Å². The van der Waals surface area contributed by atoms with Crippen LogP contribution in [0, 0.1) is 17.2 Å². The van der Waals surface area contributed by atoms with Crippen LogP contribution in [0.3, 0.4) is 0 Å². The third kappa shape index (κ3) is 4.44. The first kappa shape index (κ1) is 13.5. The highest BCUT2D eigenvalue weighted by molar-refractivity contribution is 5.36. The SMILES string of the molecule is CCCCC(CC)COc1ncccc1C#N. The molecule has 0 aliphatic carbocycles. The van der Waals surface area contributed by atoms with Gasteiger partial charge in [-0.25, -0.2) is 4.98 Å². The molecule has 1 aromatic heterocycles. The largest absolute Gasteiger partial charge is 0.476 e. The van der Waals surface area contributed by atoms with Crippen molar-refractivity contribution in [1.29, 1.82) is 5.26 Å². The number of unbranched alkanes of at least 4 members (excludes halogenated alkanes) is 1. The quantitative estimate of drug-likeness (QED) is 0.722. The van der Waals surface area contributed by atoms with Crippen LogP contribution in [0.4, 0.5) is 0 Å². The summed E-state index contributed by atoms with van der Waals surface area (Å²) in [5, 5.41) is 8.91. The first-order valence-corrected chi connectivity index (χ1v) is 6.29. The maximum atomic E-state index is 8.91. The molecule has 17 heavy (non-hydrogen) atoms. The van der Waals surface area contributed by atoms with Crippen molar-refractivity contribution in [3.05, 3.63) is 23.9 Å². The summed E-state index contributed by atoms with van der Waals surface area (Å²) in [5.74, 6) is 1.02. The third-order valence-electron chi connectivity index (χ3n) is 2.89. The highest BCUT2D eigenvalue weighted by Gasteiger charge is 2.09. The highest BCUT2D eigenvalue weighted by Crippen LogP contribution is 2.17. The number of hydrogen-bond acceptors (Lipinski definition) is 3. The molecule has 3 heteroatoms. The topological polar surface area (TPSA) is 45.9 Å².